The highest BCUT2D eigenvalue weighted by Crippen LogP contribution is 2.29. The van der Waals surface area contributed by atoms with E-state index >= 15 is 0 Å². The molecule has 0 spiro atoms. The Morgan fingerprint density at radius 3 is 2.78 bits per heavy atom. The third-order valence-electron chi connectivity index (χ3n) is 3.06. The highest BCUT2D eigenvalue weighted by Gasteiger charge is 2.35. The Balaban J connectivity index is 1.98. The van der Waals surface area contributed by atoms with Gasteiger partial charge in [0, 0.05) is 18.5 Å². The lowest BCUT2D eigenvalue weighted by Crippen LogP contribution is -2.43. The maximum absolute atomic E-state index is 12.3. The molecule has 2 atom stereocenters. The van der Waals surface area contributed by atoms with Crippen LogP contribution in [-0.4, -0.2) is 17.4 Å². The van der Waals surface area contributed by atoms with E-state index in [1.165, 1.54) is 0 Å². The fraction of sp³-hybridized carbons (Fsp3) is 0.727. The molecule has 0 aromatic carbocycles. The maximum Gasteiger partial charge on any atom is 0.436 e. The van der Waals surface area contributed by atoms with Crippen molar-refractivity contribution in [2.75, 3.05) is 0 Å². The van der Waals surface area contributed by atoms with Gasteiger partial charge >= 0.3 is 6.18 Å². The fourth-order valence-corrected chi connectivity index (χ4v) is 2.17. The molecule has 0 radical (unpaired) electrons. The summed E-state index contributed by atoms with van der Waals surface area (Å²) >= 11 is 0. The van der Waals surface area contributed by atoms with Crippen LogP contribution in [0.25, 0.3) is 0 Å². The molecule has 0 amide bonds. The summed E-state index contributed by atoms with van der Waals surface area (Å²) in [6.07, 6.45) is -0.328. The zero-order chi connectivity index (χ0) is 13.2. The van der Waals surface area contributed by atoms with Crippen LogP contribution < -0.4 is 11.1 Å². The van der Waals surface area contributed by atoms with Gasteiger partial charge < -0.3 is 10.3 Å². The number of halogens is 3. The predicted octanol–water partition coefficient (Wildman–Crippen LogP) is 2.05. The molecule has 0 aliphatic carbocycles. The largest absolute Gasteiger partial charge is 0.436 e. The molecule has 102 valence electrons. The van der Waals surface area contributed by atoms with Crippen molar-refractivity contribution >= 4 is 0 Å². The lowest BCUT2D eigenvalue weighted by atomic mass is 10.1. The average molecular weight is 263 g/mol. The van der Waals surface area contributed by atoms with Gasteiger partial charge in [-0.15, -0.1) is 0 Å². The second-order valence-corrected chi connectivity index (χ2v) is 4.63. The molecule has 1 aromatic rings. The lowest BCUT2D eigenvalue weighted by Gasteiger charge is -2.17. The van der Waals surface area contributed by atoms with Gasteiger partial charge in [-0.2, -0.15) is 13.2 Å². The summed E-state index contributed by atoms with van der Waals surface area (Å²) in [4.78, 5) is 0. The summed E-state index contributed by atoms with van der Waals surface area (Å²) < 4.78 is 41.8. The maximum atomic E-state index is 12.3. The molecule has 4 nitrogen and oxygen atoms in total. The highest BCUT2D eigenvalue weighted by atomic mass is 19.4. The molecule has 2 rings (SSSR count). The van der Waals surface area contributed by atoms with Gasteiger partial charge in [0.25, 0.3) is 0 Å². The van der Waals surface area contributed by atoms with E-state index in [1.807, 2.05) is 0 Å². The molecule has 0 saturated carbocycles. The monoisotopic (exact) mass is 263 g/mol. The molecule has 1 aliphatic rings. The first-order chi connectivity index (χ1) is 8.45. The molecule has 3 N–H and O–H groups in total. The summed E-state index contributed by atoms with van der Waals surface area (Å²) in [6, 6.07) is 1.01. The van der Waals surface area contributed by atoms with E-state index in [4.69, 9.17) is 10.3 Å². The Labute approximate surface area is 103 Å². The first-order valence-corrected chi connectivity index (χ1v) is 5.99. The van der Waals surface area contributed by atoms with Gasteiger partial charge in [0.2, 0.25) is 0 Å². The molecule has 0 bridgehead atoms. The summed E-state index contributed by atoms with van der Waals surface area (Å²) in [5, 5.41) is 6.22. The summed E-state index contributed by atoms with van der Waals surface area (Å²) in [6.45, 7) is 0. The number of hydrogen-bond donors (Lipinski definition) is 2. The Hall–Kier alpha value is -1.08. The molecule has 18 heavy (non-hydrogen) atoms. The molecule has 2 heterocycles. The van der Waals surface area contributed by atoms with Crippen LogP contribution in [0, 0.1) is 0 Å². The Kier molecular flexibility index (Phi) is 3.91. The van der Waals surface area contributed by atoms with Crippen LogP contribution in [0.4, 0.5) is 13.2 Å². The Morgan fingerprint density at radius 1 is 1.39 bits per heavy atom. The zero-order valence-electron chi connectivity index (χ0n) is 9.83. The standard InChI is InChI=1S/C11H16F3N3O/c12-11(13,14)9-6-8(18-17-9)5-7-3-1-2-4-10(15)16-7/h6-7,10,16H,1-5,15H2. The fourth-order valence-electron chi connectivity index (χ4n) is 2.17. The topological polar surface area (TPSA) is 64.1 Å². The molecular formula is C11H16F3N3O. The van der Waals surface area contributed by atoms with Gasteiger partial charge in [-0.25, -0.2) is 0 Å². The highest BCUT2D eigenvalue weighted by molar-refractivity contribution is 5.09. The number of rotatable bonds is 2. The number of aromatic nitrogens is 1. The van der Waals surface area contributed by atoms with E-state index in [9.17, 15) is 13.2 Å². The number of nitrogens with zero attached hydrogens (tertiary/aromatic N) is 1. The van der Waals surface area contributed by atoms with E-state index in [0.717, 1.165) is 31.7 Å². The van der Waals surface area contributed by atoms with Crippen molar-refractivity contribution < 1.29 is 17.7 Å². The van der Waals surface area contributed by atoms with E-state index in [2.05, 4.69) is 10.5 Å². The van der Waals surface area contributed by atoms with E-state index < -0.39 is 11.9 Å². The second kappa shape index (κ2) is 5.27. The van der Waals surface area contributed by atoms with Crippen molar-refractivity contribution in [2.24, 2.45) is 5.73 Å². The van der Waals surface area contributed by atoms with Crippen LogP contribution in [-0.2, 0) is 12.6 Å². The quantitative estimate of drug-likeness (QED) is 0.857. The normalized spacial score (nSPS) is 26.0. The number of nitrogens with two attached hydrogens (primary N) is 1. The van der Waals surface area contributed by atoms with Crippen molar-refractivity contribution in [2.45, 2.75) is 50.5 Å². The average Bonchev–Trinajstić information content (AvgIpc) is 2.63. The molecule has 1 aromatic heterocycles. The van der Waals surface area contributed by atoms with Crippen LogP contribution in [0.1, 0.15) is 37.1 Å². The predicted molar refractivity (Wildman–Crippen MR) is 58.6 cm³/mol. The van der Waals surface area contributed by atoms with Crippen molar-refractivity contribution in [3.8, 4) is 0 Å². The summed E-state index contributed by atoms with van der Waals surface area (Å²) in [5.41, 5.74) is 4.84. The van der Waals surface area contributed by atoms with Crippen molar-refractivity contribution in [1.29, 1.82) is 0 Å². The van der Waals surface area contributed by atoms with Gasteiger partial charge in [0.05, 0.1) is 6.17 Å². The minimum atomic E-state index is -4.45. The second-order valence-electron chi connectivity index (χ2n) is 4.63. The van der Waals surface area contributed by atoms with Gasteiger partial charge in [0.1, 0.15) is 5.76 Å². The van der Waals surface area contributed by atoms with E-state index in [1.54, 1.807) is 0 Å². The minimum absolute atomic E-state index is 0.0523. The molecular weight excluding hydrogens is 247 g/mol. The number of alkyl halides is 3. The molecule has 2 unspecified atom stereocenters. The van der Waals surface area contributed by atoms with E-state index in [-0.39, 0.29) is 18.0 Å². The third kappa shape index (κ3) is 3.46. The van der Waals surface area contributed by atoms with Crippen molar-refractivity contribution in [1.82, 2.24) is 10.5 Å². The molecule has 7 heteroatoms. The lowest BCUT2D eigenvalue weighted by molar-refractivity contribution is -0.142. The smallest absolute Gasteiger partial charge is 0.361 e. The van der Waals surface area contributed by atoms with Crippen LogP contribution in [0.3, 0.4) is 0 Å². The summed E-state index contributed by atoms with van der Waals surface area (Å²) in [7, 11) is 0. The van der Waals surface area contributed by atoms with Crippen molar-refractivity contribution in [3.05, 3.63) is 17.5 Å². The first-order valence-electron chi connectivity index (χ1n) is 5.99. The van der Waals surface area contributed by atoms with Crippen molar-refractivity contribution in [3.63, 3.8) is 0 Å². The first kappa shape index (κ1) is 13.4. The van der Waals surface area contributed by atoms with Crippen LogP contribution in [0.5, 0.6) is 0 Å². The molecule has 1 saturated heterocycles. The van der Waals surface area contributed by atoms with Gasteiger partial charge in [-0.05, 0) is 12.8 Å². The van der Waals surface area contributed by atoms with Crippen LogP contribution in [0.15, 0.2) is 10.6 Å². The van der Waals surface area contributed by atoms with E-state index in [0.29, 0.717) is 6.42 Å². The minimum Gasteiger partial charge on any atom is -0.361 e. The zero-order valence-corrected chi connectivity index (χ0v) is 9.83. The Morgan fingerprint density at radius 2 is 2.11 bits per heavy atom. The third-order valence-corrected chi connectivity index (χ3v) is 3.06. The SMILES string of the molecule is NC1CCCCC(Cc2cc(C(F)(F)F)no2)N1. The molecule has 1 fully saturated rings. The number of hydrogen-bond acceptors (Lipinski definition) is 4. The molecule has 1 aliphatic heterocycles. The Bertz CT molecular complexity index is 391. The van der Waals surface area contributed by atoms with Gasteiger partial charge in [-0.1, -0.05) is 18.0 Å². The summed E-state index contributed by atoms with van der Waals surface area (Å²) in [5.74, 6) is 0.244. The number of nitrogens with one attached hydrogen (secondary N) is 1. The van der Waals surface area contributed by atoms with Crippen LogP contribution in [0.2, 0.25) is 0 Å². The van der Waals surface area contributed by atoms with Crippen LogP contribution >= 0.6 is 0 Å². The van der Waals surface area contributed by atoms with Gasteiger partial charge in [-0.3, -0.25) is 5.32 Å². The van der Waals surface area contributed by atoms with Gasteiger partial charge in [0.15, 0.2) is 5.69 Å².